The van der Waals surface area contributed by atoms with Crippen LogP contribution in [-0.4, -0.2) is 58.2 Å². The number of carbonyl (C=O) groups excluding carboxylic acids is 1. The zero-order valence-corrected chi connectivity index (χ0v) is 10.5. The van der Waals surface area contributed by atoms with Gasteiger partial charge in [0, 0.05) is 19.3 Å². The summed E-state index contributed by atoms with van der Waals surface area (Å²) in [6, 6.07) is -0.840. The van der Waals surface area contributed by atoms with Crippen LogP contribution >= 0.6 is 11.8 Å². The molecule has 1 rings (SSSR count). The highest BCUT2D eigenvalue weighted by Crippen LogP contribution is 2.22. The first kappa shape index (κ1) is 13.2. The Labute approximate surface area is 99.8 Å². The molecule has 1 saturated heterocycles. The Morgan fingerprint density at radius 2 is 2.25 bits per heavy atom. The van der Waals surface area contributed by atoms with Gasteiger partial charge >= 0.3 is 12.0 Å². The van der Waals surface area contributed by atoms with E-state index in [9.17, 15) is 9.59 Å². The lowest BCUT2D eigenvalue weighted by Gasteiger charge is -2.26. The third-order valence-electron chi connectivity index (χ3n) is 2.59. The maximum absolute atomic E-state index is 11.9. The van der Waals surface area contributed by atoms with Crippen molar-refractivity contribution in [2.45, 2.75) is 25.8 Å². The van der Waals surface area contributed by atoms with Gasteiger partial charge in [0.2, 0.25) is 0 Å². The first-order valence-corrected chi connectivity index (χ1v) is 6.55. The first-order chi connectivity index (χ1) is 7.57. The van der Waals surface area contributed by atoms with Gasteiger partial charge in [-0.1, -0.05) is 13.3 Å². The number of rotatable bonds is 4. The number of aliphatic carboxylic acids is 1. The van der Waals surface area contributed by atoms with Crippen LogP contribution in [0.15, 0.2) is 0 Å². The van der Waals surface area contributed by atoms with Crippen molar-refractivity contribution in [3.63, 3.8) is 0 Å². The van der Waals surface area contributed by atoms with Crippen molar-refractivity contribution in [2.75, 3.05) is 25.2 Å². The molecular weight excluding hydrogens is 228 g/mol. The molecule has 0 aromatic heterocycles. The van der Waals surface area contributed by atoms with Crippen LogP contribution in [0.3, 0.4) is 0 Å². The van der Waals surface area contributed by atoms with Gasteiger partial charge in [0.25, 0.3) is 0 Å². The standard InChI is InChI=1S/C10H18N2O3S/c1-3-4-5-11(2)10(15)12-7-16-6-8(12)9(13)14/h8H,3-7H2,1-2H3,(H,13,14). The van der Waals surface area contributed by atoms with Crippen LogP contribution in [0.2, 0.25) is 0 Å². The van der Waals surface area contributed by atoms with Gasteiger partial charge in [-0.25, -0.2) is 9.59 Å². The second kappa shape index (κ2) is 5.98. The topological polar surface area (TPSA) is 60.9 Å². The average molecular weight is 246 g/mol. The number of nitrogens with zero attached hydrogens (tertiary/aromatic N) is 2. The molecule has 0 aliphatic carbocycles. The third kappa shape index (κ3) is 3.04. The number of carbonyl (C=O) groups is 2. The summed E-state index contributed by atoms with van der Waals surface area (Å²) >= 11 is 1.49. The Bertz CT molecular complexity index is 273. The van der Waals surface area contributed by atoms with Gasteiger partial charge in [-0.3, -0.25) is 0 Å². The molecule has 5 nitrogen and oxygen atoms in total. The fraction of sp³-hybridized carbons (Fsp3) is 0.800. The van der Waals surface area contributed by atoms with Crippen LogP contribution in [-0.2, 0) is 4.79 Å². The summed E-state index contributed by atoms with van der Waals surface area (Å²) in [6.07, 6.45) is 1.97. The molecule has 1 atom stereocenters. The molecule has 1 N–H and O–H groups in total. The monoisotopic (exact) mass is 246 g/mol. The van der Waals surface area contributed by atoms with Crippen LogP contribution in [0.1, 0.15) is 19.8 Å². The maximum Gasteiger partial charge on any atom is 0.327 e. The largest absolute Gasteiger partial charge is 0.480 e. The molecular formula is C10H18N2O3S. The lowest BCUT2D eigenvalue weighted by Crippen LogP contribution is -2.47. The molecule has 0 aromatic carbocycles. The van der Waals surface area contributed by atoms with E-state index in [2.05, 4.69) is 6.92 Å². The Hall–Kier alpha value is -0.910. The minimum Gasteiger partial charge on any atom is -0.480 e. The van der Waals surface area contributed by atoms with E-state index < -0.39 is 12.0 Å². The fourth-order valence-corrected chi connectivity index (χ4v) is 2.68. The predicted molar refractivity (Wildman–Crippen MR) is 63.5 cm³/mol. The summed E-state index contributed by atoms with van der Waals surface area (Å²) in [5.74, 6) is 0.0526. The lowest BCUT2D eigenvalue weighted by molar-refractivity contribution is -0.140. The second-order valence-electron chi connectivity index (χ2n) is 3.88. The Kier molecular flexibility index (Phi) is 4.92. The van der Waals surface area contributed by atoms with Crippen molar-refractivity contribution in [3.8, 4) is 0 Å². The second-order valence-corrected chi connectivity index (χ2v) is 4.88. The van der Waals surface area contributed by atoms with Crippen LogP contribution < -0.4 is 0 Å². The molecule has 1 heterocycles. The van der Waals surface area contributed by atoms with Gasteiger partial charge in [0.15, 0.2) is 0 Å². The SMILES string of the molecule is CCCCN(C)C(=O)N1CSCC1C(=O)O. The van der Waals surface area contributed by atoms with Gasteiger partial charge in [0.05, 0.1) is 5.88 Å². The molecule has 0 bridgehead atoms. The molecule has 0 aromatic rings. The number of carboxylic acid groups (broad SMARTS) is 1. The first-order valence-electron chi connectivity index (χ1n) is 5.40. The quantitative estimate of drug-likeness (QED) is 0.812. The Balaban J connectivity index is 2.55. The molecule has 1 unspecified atom stereocenters. The molecule has 0 radical (unpaired) electrons. The highest BCUT2D eigenvalue weighted by atomic mass is 32.2. The Morgan fingerprint density at radius 1 is 1.56 bits per heavy atom. The fourth-order valence-electron chi connectivity index (χ4n) is 1.55. The van der Waals surface area contributed by atoms with E-state index in [1.165, 1.54) is 16.7 Å². The summed E-state index contributed by atoms with van der Waals surface area (Å²) in [5.41, 5.74) is 0. The number of thioether (sulfide) groups is 1. The molecule has 6 heteroatoms. The van der Waals surface area contributed by atoms with Crippen molar-refractivity contribution >= 4 is 23.8 Å². The predicted octanol–water partition coefficient (Wildman–Crippen LogP) is 1.30. The third-order valence-corrected chi connectivity index (χ3v) is 3.60. The molecule has 0 spiro atoms. The number of hydrogen-bond acceptors (Lipinski definition) is 3. The van der Waals surface area contributed by atoms with Gasteiger partial charge in [-0.05, 0) is 6.42 Å². The Morgan fingerprint density at radius 3 is 2.81 bits per heavy atom. The van der Waals surface area contributed by atoms with Gasteiger partial charge in [-0.15, -0.1) is 11.8 Å². The molecule has 16 heavy (non-hydrogen) atoms. The van der Waals surface area contributed by atoms with E-state index in [-0.39, 0.29) is 6.03 Å². The highest BCUT2D eigenvalue weighted by molar-refractivity contribution is 7.99. The minimum atomic E-state index is -0.915. The van der Waals surface area contributed by atoms with Crippen molar-refractivity contribution in [3.05, 3.63) is 0 Å². The average Bonchev–Trinajstić information content (AvgIpc) is 2.73. The maximum atomic E-state index is 11.9. The van der Waals surface area contributed by atoms with Gasteiger partial charge < -0.3 is 14.9 Å². The van der Waals surface area contributed by atoms with E-state index in [0.29, 0.717) is 18.2 Å². The number of urea groups is 1. The number of carboxylic acids is 1. The van der Waals surface area contributed by atoms with Crippen molar-refractivity contribution in [1.29, 1.82) is 0 Å². The minimum absolute atomic E-state index is 0.175. The van der Waals surface area contributed by atoms with E-state index >= 15 is 0 Å². The lowest BCUT2D eigenvalue weighted by atomic mass is 10.3. The summed E-state index contributed by atoms with van der Waals surface area (Å²) < 4.78 is 0. The number of hydrogen-bond donors (Lipinski definition) is 1. The highest BCUT2D eigenvalue weighted by Gasteiger charge is 2.35. The normalized spacial score (nSPS) is 19.9. The van der Waals surface area contributed by atoms with E-state index in [1.54, 1.807) is 11.9 Å². The summed E-state index contributed by atoms with van der Waals surface area (Å²) in [4.78, 5) is 25.9. The van der Waals surface area contributed by atoms with Crippen molar-refractivity contribution in [1.82, 2.24) is 9.80 Å². The van der Waals surface area contributed by atoms with E-state index in [0.717, 1.165) is 12.8 Å². The van der Waals surface area contributed by atoms with Gasteiger partial charge in [-0.2, -0.15) is 0 Å². The van der Waals surface area contributed by atoms with Crippen LogP contribution in [0, 0.1) is 0 Å². The van der Waals surface area contributed by atoms with Crippen LogP contribution in [0.5, 0.6) is 0 Å². The number of amides is 2. The molecule has 92 valence electrons. The smallest absolute Gasteiger partial charge is 0.327 e. The molecule has 1 fully saturated rings. The van der Waals surface area contributed by atoms with E-state index in [1.807, 2.05) is 0 Å². The van der Waals surface area contributed by atoms with Crippen LogP contribution in [0.25, 0.3) is 0 Å². The molecule has 2 amide bonds. The van der Waals surface area contributed by atoms with Gasteiger partial charge in [0.1, 0.15) is 6.04 Å². The summed E-state index contributed by atoms with van der Waals surface area (Å²) in [7, 11) is 1.72. The van der Waals surface area contributed by atoms with Crippen molar-refractivity contribution in [2.24, 2.45) is 0 Å². The summed E-state index contributed by atoms with van der Waals surface area (Å²) in [6.45, 7) is 2.74. The zero-order valence-electron chi connectivity index (χ0n) is 9.68. The molecule has 1 aliphatic rings. The zero-order chi connectivity index (χ0) is 12.1. The molecule has 0 saturated carbocycles. The van der Waals surface area contributed by atoms with Crippen LogP contribution in [0.4, 0.5) is 4.79 Å². The summed E-state index contributed by atoms with van der Waals surface area (Å²) in [5, 5.41) is 8.96. The van der Waals surface area contributed by atoms with Crippen molar-refractivity contribution < 1.29 is 14.7 Å². The van der Waals surface area contributed by atoms with E-state index in [4.69, 9.17) is 5.11 Å². The molecule has 1 aliphatic heterocycles. The number of unbranched alkanes of at least 4 members (excludes halogenated alkanes) is 1.